The first-order chi connectivity index (χ1) is 9.54. The number of rotatable bonds is 5. The van der Waals surface area contributed by atoms with Gasteiger partial charge in [0.15, 0.2) is 0 Å². The van der Waals surface area contributed by atoms with E-state index in [4.69, 9.17) is 5.26 Å². The Hall–Kier alpha value is -1.90. The molecule has 1 heterocycles. The number of carboxylic acids is 1. The van der Waals surface area contributed by atoms with Gasteiger partial charge in [-0.1, -0.05) is 18.2 Å². The van der Waals surface area contributed by atoms with E-state index >= 15 is 0 Å². The SMILES string of the molecule is CC(CC#N)N(C)Cc1c(C(=O)O)sc2ccccc12. The average Bonchev–Trinajstić information content (AvgIpc) is 2.78. The zero-order valence-electron chi connectivity index (χ0n) is 11.5. The minimum absolute atomic E-state index is 0.0975. The first kappa shape index (κ1) is 14.5. The second kappa shape index (κ2) is 6.04. The molecule has 0 bridgehead atoms. The summed E-state index contributed by atoms with van der Waals surface area (Å²) in [5.41, 5.74) is 0.838. The molecule has 0 aliphatic rings. The lowest BCUT2D eigenvalue weighted by molar-refractivity contribution is 0.0700. The smallest absolute Gasteiger partial charge is 0.346 e. The Kier molecular flexibility index (Phi) is 4.38. The molecule has 2 rings (SSSR count). The zero-order valence-corrected chi connectivity index (χ0v) is 12.3. The molecule has 1 aromatic heterocycles. The van der Waals surface area contributed by atoms with Gasteiger partial charge in [-0.05, 0) is 31.0 Å². The van der Waals surface area contributed by atoms with Crippen LogP contribution >= 0.6 is 11.3 Å². The van der Waals surface area contributed by atoms with Gasteiger partial charge in [-0.25, -0.2) is 4.79 Å². The van der Waals surface area contributed by atoms with Crippen LogP contribution in [0.2, 0.25) is 0 Å². The lowest BCUT2D eigenvalue weighted by atomic mass is 10.1. The summed E-state index contributed by atoms with van der Waals surface area (Å²) in [6.45, 7) is 2.51. The second-order valence-electron chi connectivity index (χ2n) is 4.84. The molecule has 1 atom stereocenters. The van der Waals surface area contributed by atoms with Crippen LogP contribution in [0.25, 0.3) is 10.1 Å². The predicted molar refractivity (Wildman–Crippen MR) is 79.9 cm³/mol. The maximum Gasteiger partial charge on any atom is 0.346 e. The second-order valence-corrected chi connectivity index (χ2v) is 5.89. The summed E-state index contributed by atoms with van der Waals surface area (Å²) in [7, 11) is 1.92. The molecule has 0 aliphatic heterocycles. The van der Waals surface area contributed by atoms with Gasteiger partial charge in [0.2, 0.25) is 0 Å². The number of aromatic carboxylic acids is 1. The molecule has 0 fully saturated rings. The fraction of sp³-hybridized carbons (Fsp3) is 0.333. The van der Waals surface area contributed by atoms with Gasteiger partial charge >= 0.3 is 5.97 Å². The molecule has 104 valence electrons. The minimum atomic E-state index is -0.887. The quantitative estimate of drug-likeness (QED) is 0.916. The van der Waals surface area contributed by atoms with Crippen molar-refractivity contribution in [2.75, 3.05) is 7.05 Å². The number of thiophene rings is 1. The average molecular weight is 288 g/mol. The Labute approximate surface area is 121 Å². The van der Waals surface area contributed by atoms with Crippen molar-refractivity contribution in [1.29, 1.82) is 5.26 Å². The van der Waals surface area contributed by atoms with Gasteiger partial charge in [-0.15, -0.1) is 11.3 Å². The van der Waals surface area contributed by atoms with E-state index in [0.29, 0.717) is 17.8 Å². The molecule has 0 aliphatic carbocycles. The lowest BCUT2D eigenvalue weighted by Crippen LogP contribution is -2.28. The van der Waals surface area contributed by atoms with Crippen molar-refractivity contribution in [3.05, 3.63) is 34.7 Å². The number of hydrogen-bond acceptors (Lipinski definition) is 4. The molecule has 0 spiro atoms. The summed E-state index contributed by atoms with van der Waals surface area (Å²) in [5.74, 6) is -0.887. The van der Waals surface area contributed by atoms with Crippen LogP contribution in [0.1, 0.15) is 28.6 Å². The molecule has 20 heavy (non-hydrogen) atoms. The number of benzene rings is 1. The third kappa shape index (κ3) is 2.82. The molecular weight excluding hydrogens is 272 g/mol. The van der Waals surface area contributed by atoms with Crippen LogP contribution in [0.3, 0.4) is 0 Å². The number of nitrogens with zero attached hydrogens (tertiary/aromatic N) is 2. The summed E-state index contributed by atoms with van der Waals surface area (Å²) < 4.78 is 0.987. The maximum atomic E-state index is 11.4. The van der Waals surface area contributed by atoms with Crippen molar-refractivity contribution >= 4 is 27.4 Å². The van der Waals surface area contributed by atoms with E-state index in [1.54, 1.807) is 0 Å². The fourth-order valence-corrected chi connectivity index (χ4v) is 3.17. The normalized spacial score (nSPS) is 12.5. The summed E-state index contributed by atoms with van der Waals surface area (Å²) >= 11 is 1.31. The van der Waals surface area contributed by atoms with E-state index in [1.165, 1.54) is 11.3 Å². The Morgan fingerprint density at radius 1 is 1.50 bits per heavy atom. The van der Waals surface area contributed by atoms with Gasteiger partial charge in [0, 0.05) is 17.3 Å². The Morgan fingerprint density at radius 2 is 2.20 bits per heavy atom. The lowest BCUT2D eigenvalue weighted by Gasteiger charge is -2.22. The number of hydrogen-bond donors (Lipinski definition) is 1. The van der Waals surface area contributed by atoms with Crippen LogP contribution in [0.15, 0.2) is 24.3 Å². The van der Waals surface area contributed by atoms with Crippen molar-refractivity contribution in [2.45, 2.75) is 25.9 Å². The largest absolute Gasteiger partial charge is 0.477 e. The molecule has 1 N–H and O–H groups in total. The molecule has 0 saturated carbocycles. The molecule has 1 aromatic carbocycles. The Bertz CT molecular complexity index is 672. The molecular formula is C15H16N2O2S. The van der Waals surface area contributed by atoms with E-state index in [1.807, 2.05) is 43.1 Å². The van der Waals surface area contributed by atoms with Crippen molar-refractivity contribution < 1.29 is 9.90 Å². The highest BCUT2D eigenvalue weighted by Crippen LogP contribution is 2.32. The Balaban J connectivity index is 2.39. The fourth-order valence-electron chi connectivity index (χ4n) is 2.12. The molecule has 0 amide bonds. The van der Waals surface area contributed by atoms with Crippen molar-refractivity contribution in [3.63, 3.8) is 0 Å². The van der Waals surface area contributed by atoms with Gasteiger partial charge in [-0.2, -0.15) is 5.26 Å². The van der Waals surface area contributed by atoms with Crippen LogP contribution in [0.4, 0.5) is 0 Å². The highest BCUT2D eigenvalue weighted by Gasteiger charge is 2.20. The topological polar surface area (TPSA) is 64.3 Å². The molecule has 0 radical (unpaired) electrons. The molecule has 1 unspecified atom stereocenters. The number of carboxylic acid groups (broad SMARTS) is 1. The van der Waals surface area contributed by atoms with Crippen LogP contribution in [0.5, 0.6) is 0 Å². The van der Waals surface area contributed by atoms with Crippen molar-refractivity contribution in [1.82, 2.24) is 4.90 Å². The summed E-state index contributed by atoms with van der Waals surface area (Å²) in [4.78, 5) is 13.8. The van der Waals surface area contributed by atoms with Crippen molar-refractivity contribution in [2.24, 2.45) is 0 Å². The van der Waals surface area contributed by atoms with E-state index in [-0.39, 0.29) is 6.04 Å². The van der Waals surface area contributed by atoms with E-state index in [9.17, 15) is 9.90 Å². The van der Waals surface area contributed by atoms with E-state index < -0.39 is 5.97 Å². The third-order valence-corrected chi connectivity index (χ3v) is 4.64. The molecule has 2 aromatic rings. The highest BCUT2D eigenvalue weighted by atomic mass is 32.1. The van der Waals surface area contributed by atoms with Crippen LogP contribution in [-0.4, -0.2) is 29.1 Å². The monoisotopic (exact) mass is 288 g/mol. The standard InChI is InChI=1S/C15H16N2O2S/c1-10(7-8-16)17(2)9-12-11-5-3-4-6-13(11)20-14(12)15(18)19/h3-6,10H,7,9H2,1-2H3,(H,18,19). The third-order valence-electron chi connectivity index (χ3n) is 3.44. The highest BCUT2D eigenvalue weighted by molar-refractivity contribution is 7.21. The van der Waals surface area contributed by atoms with Gasteiger partial charge in [0.05, 0.1) is 12.5 Å². The number of nitriles is 1. The summed E-state index contributed by atoms with van der Waals surface area (Å²) in [6.07, 6.45) is 0.432. The maximum absolute atomic E-state index is 11.4. The molecule has 4 nitrogen and oxygen atoms in total. The zero-order chi connectivity index (χ0) is 14.7. The van der Waals surface area contributed by atoms with E-state index in [0.717, 1.165) is 15.6 Å². The van der Waals surface area contributed by atoms with Crippen LogP contribution in [-0.2, 0) is 6.54 Å². The van der Waals surface area contributed by atoms with Crippen LogP contribution in [0, 0.1) is 11.3 Å². The van der Waals surface area contributed by atoms with Gasteiger partial charge in [0.1, 0.15) is 4.88 Å². The van der Waals surface area contributed by atoms with Crippen molar-refractivity contribution in [3.8, 4) is 6.07 Å². The number of fused-ring (bicyclic) bond motifs is 1. The first-order valence-electron chi connectivity index (χ1n) is 6.35. The molecule has 0 saturated heterocycles. The summed E-state index contributed by atoms with van der Waals surface area (Å²) in [5, 5.41) is 19.1. The van der Waals surface area contributed by atoms with Crippen LogP contribution < -0.4 is 0 Å². The van der Waals surface area contributed by atoms with Gasteiger partial charge in [-0.3, -0.25) is 4.90 Å². The van der Waals surface area contributed by atoms with Gasteiger partial charge < -0.3 is 5.11 Å². The predicted octanol–water partition coefficient (Wildman–Crippen LogP) is 3.33. The first-order valence-corrected chi connectivity index (χ1v) is 7.17. The number of carbonyl (C=O) groups is 1. The van der Waals surface area contributed by atoms with Gasteiger partial charge in [0.25, 0.3) is 0 Å². The minimum Gasteiger partial charge on any atom is -0.477 e. The van der Waals surface area contributed by atoms with E-state index in [2.05, 4.69) is 6.07 Å². The Morgan fingerprint density at radius 3 is 2.85 bits per heavy atom. The molecule has 5 heteroatoms. The summed E-state index contributed by atoms with van der Waals surface area (Å²) in [6, 6.07) is 9.97.